The van der Waals surface area contributed by atoms with Crippen molar-refractivity contribution in [3.8, 4) is 5.75 Å². The van der Waals surface area contributed by atoms with Crippen LogP contribution in [0.3, 0.4) is 0 Å². The Morgan fingerprint density at radius 3 is 2.67 bits per heavy atom. The highest BCUT2D eigenvalue weighted by atomic mass is 79.9. The van der Waals surface area contributed by atoms with E-state index in [-0.39, 0.29) is 6.10 Å². The molecule has 1 aliphatic rings. The fraction of sp³-hybridized carbons (Fsp3) is 0.500. The van der Waals surface area contributed by atoms with Gasteiger partial charge >= 0.3 is 0 Å². The minimum atomic E-state index is 0.160. The van der Waals surface area contributed by atoms with Gasteiger partial charge in [0.2, 0.25) is 0 Å². The third-order valence-electron chi connectivity index (χ3n) is 3.06. The Balaban J connectivity index is 2.56. The summed E-state index contributed by atoms with van der Waals surface area (Å²) in [7, 11) is 3.47. The molecular formula is C12H15BrO2. The maximum Gasteiger partial charge on any atom is 0.125 e. The molecule has 0 aromatic heterocycles. The zero-order valence-electron chi connectivity index (χ0n) is 9.21. The predicted octanol–water partition coefficient (Wildman–Crippen LogP) is 3.34. The Bertz CT molecular complexity index is 376. The topological polar surface area (TPSA) is 18.5 Å². The van der Waals surface area contributed by atoms with E-state index in [1.807, 2.05) is 12.1 Å². The van der Waals surface area contributed by atoms with Crippen LogP contribution in [0.4, 0.5) is 0 Å². The Morgan fingerprint density at radius 2 is 2.07 bits per heavy atom. The monoisotopic (exact) mass is 270 g/mol. The Hall–Kier alpha value is -0.540. The first kappa shape index (κ1) is 11.0. The van der Waals surface area contributed by atoms with Crippen LogP contribution < -0.4 is 4.74 Å². The fourth-order valence-electron chi connectivity index (χ4n) is 2.38. The lowest BCUT2D eigenvalue weighted by Gasteiger charge is -2.17. The van der Waals surface area contributed by atoms with Crippen LogP contribution in [0.15, 0.2) is 16.6 Å². The maximum atomic E-state index is 5.55. The molecule has 1 aromatic rings. The number of rotatable bonds is 2. The summed E-state index contributed by atoms with van der Waals surface area (Å²) in [5.41, 5.74) is 2.54. The highest BCUT2D eigenvalue weighted by Crippen LogP contribution is 2.45. The van der Waals surface area contributed by atoms with E-state index >= 15 is 0 Å². The van der Waals surface area contributed by atoms with Crippen molar-refractivity contribution in [3.63, 3.8) is 0 Å². The molecule has 0 spiro atoms. The second kappa shape index (κ2) is 4.14. The minimum Gasteiger partial charge on any atom is -0.496 e. The van der Waals surface area contributed by atoms with Crippen molar-refractivity contribution in [1.82, 2.24) is 0 Å². The number of methoxy groups -OCH3 is 2. The molecule has 2 atom stereocenters. The first-order chi connectivity index (χ1) is 7.19. The van der Waals surface area contributed by atoms with Gasteiger partial charge in [0.05, 0.1) is 13.2 Å². The summed E-state index contributed by atoms with van der Waals surface area (Å²) in [6.45, 7) is 2.21. The average Bonchev–Trinajstić information content (AvgIpc) is 2.56. The molecule has 0 fully saturated rings. The summed E-state index contributed by atoms with van der Waals surface area (Å²) >= 11 is 3.58. The van der Waals surface area contributed by atoms with Crippen LogP contribution in [0.1, 0.15) is 24.2 Å². The van der Waals surface area contributed by atoms with Gasteiger partial charge in [0.15, 0.2) is 0 Å². The smallest absolute Gasteiger partial charge is 0.125 e. The van der Waals surface area contributed by atoms with Crippen LogP contribution in [0.5, 0.6) is 5.75 Å². The highest BCUT2D eigenvalue weighted by Gasteiger charge is 2.33. The number of ether oxygens (including phenoxy) is 2. The molecule has 2 unspecified atom stereocenters. The van der Waals surface area contributed by atoms with Gasteiger partial charge in [-0.15, -0.1) is 0 Å². The van der Waals surface area contributed by atoms with Gasteiger partial charge < -0.3 is 9.47 Å². The summed E-state index contributed by atoms with van der Waals surface area (Å²) in [5.74, 6) is 1.45. The molecule has 2 nitrogen and oxygen atoms in total. The predicted molar refractivity (Wildman–Crippen MR) is 63.3 cm³/mol. The van der Waals surface area contributed by atoms with E-state index in [2.05, 4.69) is 22.9 Å². The SMILES string of the molecule is COc1ccc(Br)c2c1C(OC)C(C)C2. The summed E-state index contributed by atoms with van der Waals surface area (Å²) in [5, 5.41) is 0. The van der Waals surface area contributed by atoms with E-state index in [1.165, 1.54) is 11.1 Å². The van der Waals surface area contributed by atoms with Gasteiger partial charge in [-0.3, -0.25) is 0 Å². The largest absolute Gasteiger partial charge is 0.496 e. The molecule has 0 amide bonds. The van der Waals surface area contributed by atoms with Crippen molar-refractivity contribution >= 4 is 15.9 Å². The normalized spacial score (nSPS) is 24.0. The second-order valence-corrected chi connectivity index (χ2v) is 4.83. The second-order valence-electron chi connectivity index (χ2n) is 3.98. The third-order valence-corrected chi connectivity index (χ3v) is 3.80. The molecule has 15 heavy (non-hydrogen) atoms. The summed E-state index contributed by atoms with van der Waals surface area (Å²) in [6.07, 6.45) is 1.21. The van der Waals surface area contributed by atoms with E-state index in [0.29, 0.717) is 5.92 Å². The maximum absolute atomic E-state index is 5.55. The molecule has 0 bridgehead atoms. The number of hydrogen-bond donors (Lipinski definition) is 0. The van der Waals surface area contributed by atoms with E-state index in [4.69, 9.17) is 9.47 Å². The molecule has 0 saturated carbocycles. The van der Waals surface area contributed by atoms with E-state index < -0.39 is 0 Å². The Kier molecular flexibility index (Phi) is 3.03. The molecule has 1 aliphatic carbocycles. The van der Waals surface area contributed by atoms with E-state index in [1.54, 1.807) is 14.2 Å². The van der Waals surface area contributed by atoms with Crippen LogP contribution in [-0.4, -0.2) is 14.2 Å². The summed E-state index contributed by atoms with van der Waals surface area (Å²) in [6, 6.07) is 4.04. The van der Waals surface area contributed by atoms with Crippen molar-refractivity contribution in [2.75, 3.05) is 14.2 Å². The molecular weight excluding hydrogens is 256 g/mol. The molecule has 0 N–H and O–H groups in total. The van der Waals surface area contributed by atoms with Gasteiger partial charge in [-0.2, -0.15) is 0 Å². The number of hydrogen-bond acceptors (Lipinski definition) is 2. The molecule has 82 valence electrons. The number of halogens is 1. The van der Waals surface area contributed by atoms with Crippen molar-refractivity contribution in [2.24, 2.45) is 5.92 Å². The van der Waals surface area contributed by atoms with Crippen LogP contribution in [-0.2, 0) is 11.2 Å². The summed E-state index contributed by atoms with van der Waals surface area (Å²) < 4.78 is 12.1. The van der Waals surface area contributed by atoms with E-state index in [9.17, 15) is 0 Å². The van der Waals surface area contributed by atoms with Gasteiger partial charge in [0.1, 0.15) is 5.75 Å². The van der Waals surface area contributed by atoms with Crippen molar-refractivity contribution in [1.29, 1.82) is 0 Å². The molecule has 0 radical (unpaired) electrons. The Morgan fingerprint density at radius 1 is 1.33 bits per heavy atom. The van der Waals surface area contributed by atoms with Crippen LogP contribution >= 0.6 is 15.9 Å². The zero-order valence-corrected chi connectivity index (χ0v) is 10.8. The van der Waals surface area contributed by atoms with Crippen LogP contribution in [0.25, 0.3) is 0 Å². The lowest BCUT2D eigenvalue weighted by atomic mass is 10.1. The van der Waals surface area contributed by atoms with Gasteiger partial charge in [0.25, 0.3) is 0 Å². The van der Waals surface area contributed by atoms with Gasteiger partial charge in [-0.1, -0.05) is 22.9 Å². The van der Waals surface area contributed by atoms with E-state index in [0.717, 1.165) is 16.6 Å². The third kappa shape index (κ3) is 1.68. The lowest BCUT2D eigenvalue weighted by molar-refractivity contribution is 0.0677. The van der Waals surface area contributed by atoms with Crippen molar-refractivity contribution in [2.45, 2.75) is 19.4 Å². The van der Waals surface area contributed by atoms with Crippen LogP contribution in [0.2, 0.25) is 0 Å². The van der Waals surface area contributed by atoms with Crippen molar-refractivity contribution in [3.05, 3.63) is 27.7 Å². The number of fused-ring (bicyclic) bond motifs is 1. The molecule has 0 heterocycles. The lowest BCUT2D eigenvalue weighted by Crippen LogP contribution is -2.06. The fourth-order valence-corrected chi connectivity index (χ4v) is 2.89. The minimum absolute atomic E-state index is 0.160. The first-order valence-electron chi connectivity index (χ1n) is 5.07. The first-order valence-corrected chi connectivity index (χ1v) is 5.86. The van der Waals surface area contributed by atoms with Crippen LogP contribution in [0, 0.1) is 5.92 Å². The van der Waals surface area contributed by atoms with Gasteiger partial charge in [0, 0.05) is 17.1 Å². The van der Waals surface area contributed by atoms with Gasteiger partial charge in [-0.25, -0.2) is 0 Å². The molecule has 1 aromatic carbocycles. The molecule has 0 saturated heterocycles. The molecule has 2 rings (SSSR count). The number of benzene rings is 1. The quantitative estimate of drug-likeness (QED) is 0.821. The molecule has 3 heteroatoms. The average molecular weight is 271 g/mol. The highest BCUT2D eigenvalue weighted by molar-refractivity contribution is 9.10. The Labute approximate surface area is 98.7 Å². The zero-order chi connectivity index (χ0) is 11.0. The van der Waals surface area contributed by atoms with Gasteiger partial charge in [-0.05, 0) is 30.0 Å². The summed E-state index contributed by atoms with van der Waals surface area (Å²) in [4.78, 5) is 0. The van der Waals surface area contributed by atoms with Crippen molar-refractivity contribution < 1.29 is 9.47 Å². The standard InChI is InChI=1S/C12H15BrO2/c1-7-6-8-9(13)4-5-10(14-2)11(8)12(7)15-3/h4-5,7,12H,6H2,1-3H3. The molecule has 0 aliphatic heterocycles.